The monoisotopic (exact) mass is 360 g/mol. The van der Waals surface area contributed by atoms with E-state index in [4.69, 9.17) is 11.6 Å². The second-order valence-corrected chi connectivity index (χ2v) is 6.37. The number of hydrogen-bond donors (Lipinski definition) is 2. The van der Waals surface area contributed by atoms with Crippen molar-refractivity contribution in [2.45, 2.75) is 6.42 Å². The molecule has 0 saturated carbocycles. The molecule has 0 aromatic heterocycles. The summed E-state index contributed by atoms with van der Waals surface area (Å²) >= 11 is 5.82. The highest BCUT2D eigenvalue weighted by molar-refractivity contribution is 6.30. The number of halogens is 2. The number of nitrogens with one attached hydrogen (secondary N) is 1. The number of rotatable bonds is 4. The predicted octanol–water partition coefficient (Wildman–Crippen LogP) is 3.91. The van der Waals surface area contributed by atoms with Gasteiger partial charge in [0, 0.05) is 18.1 Å². The Labute approximate surface area is 150 Å². The van der Waals surface area contributed by atoms with Gasteiger partial charge >= 0.3 is 0 Å². The molecular formula is C19H18ClFN2O2. The van der Waals surface area contributed by atoms with Crippen molar-refractivity contribution in [3.05, 3.63) is 64.9 Å². The number of phenolic OH excluding ortho intramolecular Hbond substituents is 1. The lowest BCUT2D eigenvalue weighted by atomic mass is 9.99. The van der Waals surface area contributed by atoms with Gasteiger partial charge in [0.25, 0.3) is 0 Å². The molecule has 25 heavy (non-hydrogen) atoms. The molecule has 0 spiro atoms. The molecule has 0 unspecified atom stereocenters. The number of carbonyl (C=O) groups excluding carboxylic acids is 1. The lowest BCUT2D eigenvalue weighted by Crippen LogP contribution is -2.36. The number of amides is 1. The van der Waals surface area contributed by atoms with Gasteiger partial charge in [-0.1, -0.05) is 29.8 Å². The van der Waals surface area contributed by atoms with Crippen molar-refractivity contribution in [2.24, 2.45) is 0 Å². The zero-order valence-electron chi connectivity index (χ0n) is 13.5. The number of hydrogen-bond acceptors (Lipinski definition) is 3. The Morgan fingerprint density at radius 1 is 1.24 bits per heavy atom. The van der Waals surface area contributed by atoms with E-state index in [1.54, 1.807) is 12.1 Å². The number of anilines is 1. The van der Waals surface area contributed by atoms with E-state index in [1.165, 1.54) is 23.8 Å². The van der Waals surface area contributed by atoms with Gasteiger partial charge in [-0.05, 0) is 47.9 Å². The molecule has 3 rings (SSSR count). The highest BCUT2D eigenvalue weighted by Crippen LogP contribution is 2.24. The van der Waals surface area contributed by atoms with Gasteiger partial charge in [-0.15, -0.1) is 0 Å². The van der Waals surface area contributed by atoms with E-state index in [9.17, 15) is 14.3 Å². The number of phenols is 1. The average molecular weight is 361 g/mol. The van der Waals surface area contributed by atoms with E-state index in [2.05, 4.69) is 11.4 Å². The zero-order chi connectivity index (χ0) is 17.8. The maximum Gasteiger partial charge on any atom is 0.238 e. The molecule has 2 N–H and O–H groups in total. The highest BCUT2D eigenvalue weighted by atomic mass is 35.5. The van der Waals surface area contributed by atoms with Crippen LogP contribution in [0.2, 0.25) is 5.02 Å². The first-order chi connectivity index (χ1) is 12.0. The minimum Gasteiger partial charge on any atom is -0.508 e. The van der Waals surface area contributed by atoms with Crippen LogP contribution in [0.4, 0.5) is 10.1 Å². The van der Waals surface area contributed by atoms with Gasteiger partial charge < -0.3 is 10.4 Å². The molecule has 6 heteroatoms. The summed E-state index contributed by atoms with van der Waals surface area (Å²) in [5.41, 5.74) is 2.36. The smallest absolute Gasteiger partial charge is 0.238 e. The van der Waals surface area contributed by atoms with Crippen molar-refractivity contribution < 1.29 is 14.3 Å². The van der Waals surface area contributed by atoms with Crippen molar-refractivity contribution in [1.29, 1.82) is 0 Å². The van der Waals surface area contributed by atoms with Gasteiger partial charge in [0.05, 0.1) is 12.2 Å². The van der Waals surface area contributed by atoms with Gasteiger partial charge in [-0.25, -0.2) is 4.39 Å². The van der Waals surface area contributed by atoms with Gasteiger partial charge in [0.1, 0.15) is 11.6 Å². The lowest BCUT2D eigenvalue weighted by Gasteiger charge is -2.26. The molecule has 130 valence electrons. The molecule has 0 fully saturated rings. The molecule has 1 amide bonds. The Bertz CT molecular complexity index is 806. The summed E-state index contributed by atoms with van der Waals surface area (Å²) in [6.07, 6.45) is 2.88. The molecule has 0 aliphatic carbocycles. The van der Waals surface area contributed by atoms with E-state index >= 15 is 0 Å². The molecule has 0 saturated heterocycles. The molecule has 0 atom stereocenters. The van der Waals surface area contributed by atoms with E-state index in [0.717, 1.165) is 18.5 Å². The number of nitrogens with zero attached hydrogens (tertiary/aromatic N) is 1. The Morgan fingerprint density at radius 2 is 2.00 bits per heavy atom. The van der Waals surface area contributed by atoms with E-state index in [0.29, 0.717) is 11.6 Å². The van der Waals surface area contributed by atoms with Crippen LogP contribution in [0, 0.1) is 5.82 Å². The fourth-order valence-corrected chi connectivity index (χ4v) is 2.95. The summed E-state index contributed by atoms with van der Waals surface area (Å²) in [5, 5.41) is 12.3. The fourth-order valence-electron chi connectivity index (χ4n) is 2.78. The van der Waals surface area contributed by atoms with Crippen molar-refractivity contribution in [3.8, 4) is 5.75 Å². The standard InChI is InChI=1S/C19H18ClFN2O2/c20-15-3-6-17(21)18(11-15)22-19(25)12-23-9-7-14(8-10-23)13-1-4-16(24)5-2-13/h1-7,11,24H,8-10,12H2,(H,22,25). The molecule has 1 aliphatic heterocycles. The molecule has 0 radical (unpaired) electrons. The molecule has 4 nitrogen and oxygen atoms in total. The predicted molar refractivity (Wildman–Crippen MR) is 97.2 cm³/mol. The normalized spacial score (nSPS) is 14.9. The van der Waals surface area contributed by atoms with Crippen LogP contribution in [0.25, 0.3) is 5.57 Å². The number of carbonyl (C=O) groups is 1. The minimum absolute atomic E-state index is 0.0924. The third kappa shape index (κ3) is 4.59. The van der Waals surface area contributed by atoms with Gasteiger partial charge in [-0.3, -0.25) is 9.69 Å². The maximum absolute atomic E-state index is 13.7. The van der Waals surface area contributed by atoms with Crippen LogP contribution in [-0.4, -0.2) is 35.5 Å². The van der Waals surface area contributed by atoms with E-state index in [1.807, 2.05) is 17.0 Å². The molecule has 1 aliphatic rings. The molecule has 1 heterocycles. The van der Waals surface area contributed by atoms with Crippen molar-refractivity contribution in [3.63, 3.8) is 0 Å². The van der Waals surface area contributed by atoms with Crippen LogP contribution < -0.4 is 5.32 Å². The molecule has 2 aromatic carbocycles. The van der Waals surface area contributed by atoms with Crippen LogP contribution >= 0.6 is 11.6 Å². The average Bonchev–Trinajstić information content (AvgIpc) is 2.59. The van der Waals surface area contributed by atoms with Gasteiger partial charge in [-0.2, -0.15) is 0 Å². The van der Waals surface area contributed by atoms with Crippen molar-refractivity contribution in [2.75, 3.05) is 25.0 Å². The van der Waals surface area contributed by atoms with E-state index < -0.39 is 5.82 Å². The van der Waals surface area contributed by atoms with Gasteiger partial charge in [0.15, 0.2) is 0 Å². The van der Waals surface area contributed by atoms with Crippen LogP contribution in [-0.2, 0) is 4.79 Å². The zero-order valence-corrected chi connectivity index (χ0v) is 14.3. The number of benzene rings is 2. The SMILES string of the molecule is O=C(CN1CC=C(c2ccc(O)cc2)CC1)Nc1cc(Cl)ccc1F. The quantitative estimate of drug-likeness (QED) is 0.869. The topological polar surface area (TPSA) is 52.6 Å². The molecule has 2 aromatic rings. The first-order valence-electron chi connectivity index (χ1n) is 7.97. The van der Waals surface area contributed by atoms with Crippen LogP contribution in [0.5, 0.6) is 5.75 Å². The third-order valence-electron chi connectivity index (χ3n) is 4.10. The summed E-state index contributed by atoms with van der Waals surface area (Å²) in [4.78, 5) is 14.1. The summed E-state index contributed by atoms with van der Waals surface area (Å²) < 4.78 is 13.7. The first-order valence-corrected chi connectivity index (χ1v) is 8.35. The van der Waals surface area contributed by atoms with Crippen molar-refractivity contribution >= 4 is 28.8 Å². The molecular weight excluding hydrogens is 343 g/mol. The second-order valence-electron chi connectivity index (χ2n) is 5.93. The number of aromatic hydroxyl groups is 1. The second kappa shape index (κ2) is 7.68. The Kier molecular flexibility index (Phi) is 5.36. The van der Waals surface area contributed by atoms with Gasteiger partial charge in [0.2, 0.25) is 5.91 Å². The Morgan fingerprint density at radius 3 is 2.68 bits per heavy atom. The van der Waals surface area contributed by atoms with Crippen LogP contribution in [0.3, 0.4) is 0 Å². The summed E-state index contributed by atoms with van der Waals surface area (Å²) in [6, 6.07) is 11.1. The largest absolute Gasteiger partial charge is 0.508 e. The Balaban J connectivity index is 1.57. The van der Waals surface area contributed by atoms with E-state index in [-0.39, 0.29) is 23.9 Å². The summed E-state index contributed by atoms with van der Waals surface area (Å²) in [6.45, 7) is 1.56. The van der Waals surface area contributed by atoms with Crippen LogP contribution in [0.1, 0.15) is 12.0 Å². The summed E-state index contributed by atoms with van der Waals surface area (Å²) in [5.74, 6) is -0.541. The Hall–Kier alpha value is -2.37. The summed E-state index contributed by atoms with van der Waals surface area (Å²) in [7, 11) is 0. The maximum atomic E-state index is 13.7. The highest BCUT2D eigenvalue weighted by Gasteiger charge is 2.16. The minimum atomic E-state index is -0.508. The molecule has 0 bridgehead atoms. The van der Waals surface area contributed by atoms with Crippen molar-refractivity contribution in [1.82, 2.24) is 4.90 Å². The third-order valence-corrected chi connectivity index (χ3v) is 4.34. The van der Waals surface area contributed by atoms with Crippen LogP contribution in [0.15, 0.2) is 48.5 Å². The lowest BCUT2D eigenvalue weighted by molar-refractivity contribution is -0.117. The fraction of sp³-hybridized carbons (Fsp3) is 0.211. The first kappa shape index (κ1) is 17.5.